The van der Waals surface area contributed by atoms with Gasteiger partial charge < -0.3 is 13.7 Å². The van der Waals surface area contributed by atoms with E-state index in [2.05, 4.69) is 120 Å². The summed E-state index contributed by atoms with van der Waals surface area (Å²) in [4.78, 5) is 7.39. The van der Waals surface area contributed by atoms with Crippen LogP contribution >= 0.6 is 0 Å². The zero-order chi connectivity index (χ0) is 29.5. The predicted molar refractivity (Wildman–Crippen MR) is 185 cm³/mol. The average Bonchev–Trinajstić information content (AvgIpc) is 3.72. The van der Waals surface area contributed by atoms with Crippen LogP contribution in [0.4, 0.5) is 17.1 Å². The molecule has 210 valence electrons. The van der Waals surface area contributed by atoms with Crippen LogP contribution in [-0.4, -0.2) is 4.98 Å². The van der Waals surface area contributed by atoms with Crippen molar-refractivity contribution in [3.05, 3.63) is 146 Å². The summed E-state index contributed by atoms with van der Waals surface area (Å²) in [7, 11) is 0. The van der Waals surface area contributed by atoms with Crippen molar-refractivity contribution in [3.63, 3.8) is 0 Å². The Morgan fingerprint density at radius 3 is 2.00 bits per heavy atom. The number of oxazole rings is 1. The van der Waals surface area contributed by atoms with Gasteiger partial charge in [-0.2, -0.15) is 0 Å². The number of benzene rings is 8. The number of hydrogen-bond acceptors (Lipinski definition) is 4. The van der Waals surface area contributed by atoms with Crippen LogP contribution in [0.5, 0.6) is 0 Å². The van der Waals surface area contributed by atoms with Crippen molar-refractivity contribution in [3.8, 4) is 11.5 Å². The number of rotatable bonds is 4. The van der Waals surface area contributed by atoms with E-state index in [-0.39, 0.29) is 0 Å². The lowest BCUT2D eigenvalue weighted by Crippen LogP contribution is -2.09. The topological polar surface area (TPSA) is 42.4 Å². The van der Waals surface area contributed by atoms with E-state index in [1.54, 1.807) is 0 Å². The van der Waals surface area contributed by atoms with Gasteiger partial charge in [0.15, 0.2) is 5.58 Å². The molecule has 2 aromatic heterocycles. The molecular weight excluding hydrogens is 552 g/mol. The minimum Gasteiger partial charge on any atom is -0.456 e. The van der Waals surface area contributed by atoms with Gasteiger partial charge >= 0.3 is 0 Å². The highest BCUT2D eigenvalue weighted by Crippen LogP contribution is 2.44. The molecule has 0 atom stereocenters. The maximum absolute atomic E-state index is 6.61. The van der Waals surface area contributed by atoms with Crippen molar-refractivity contribution in [1.29, 1.82) is 0 Å². The Balaban J connectivity index is 1.16. The van der Waals surface area contributed by atoms with Crippen LogP contribution < -0.4 is 4.90 Å². The average molecular weight is 577 g/mol. The number of hydrogen-bond donors (Lipinski definition) is 0. The molecule has 0 aliphatic heterocycles. The van der Waals surface area contributed by atoms with E-state index in [9.17, 15) is 0 Å². The van der Waals surface area contributed by atoms with E-state index in [1.807, 2.05) is 30.3 Å². The third-order valence-electron chi connectivity index (χ3n) is 9.00. The van der Waals surface area contributed by atoms with Gasteiger partial charge in [0, 0.05) is 44.2 Å². The smallest absolute Gasteiger partial charge is 0.227 e. The zero-order valence-electron chi connectivity index (χ0n) is 24.1. The molecule has 0 amide bonds. The summed E-state index contributed by atoms with van der Waals surface area (Å²) in [6.45, 7) is 0. The summed E-state index contributed by atoms with van der Waals surface area (Å²) < 4.78 is 12.8. The van der Waals surface area contributed by atoms with Crippen molar-refractivity contribution in [2.75, 3.05) is 4.90 Å². The number of anilines is 3. The quantitative estimate of drug-likeness (QED) is 0.195. The molecule has 8 aromatic carbocycles. The van der Waals surface area contributed by atoms with Gasteiger partial charge in [-0.15, -0.1) is 0 Å². The maximum Gasteiger partial charge on any atom is 0.227 e. The van der Waals surface area contributed by atoms with Crippen LogP contribution in [0.3, 0.4) is 0 Å². The molecule has 0 spiro atoms. The Kier molecular flexibility index (Phi) is 4.96. The fourth-order valence-corrected chi connectivity index (χ4v) is 7.00. The van der Waals surface area contributed by atoms with Gasteiger partial charge in [0.05, 0.1) is 0 Å². The van der Waals surface area contributed by atoms with Crippen LogP contribution in [0.1, 0.15) is 0 Å². The summed E-state index contributed by atoms with van der Waals surface area (Å²) in [6, 6.07) is 50.9. The molecule has 45 heavy (non-hydrogen) atoms. The largest absolute Gasteiger partial charge is 0.456 e. The monoisotopic (exact) mass is 576 g/mol. The summed E-state index contributed by atoms with van der Waals surface area (Å²) in [5, 5.41) is 9.20. The Morgan fingerprint density at radius 1 is 0.444 bits per heavy atom. The first-order valence-corrected chi connectivity index (χ1v) is 15.1. The molecule has 0 saturated heterocycles. The molecule has 0 bridgehead atoms. The first-order valence-electron chi connectivity index (χ1n) is 15.1. The zero-order valence-corrected chi connectivity index (χ0v) is 24.1. The SMILES string of the molecule is c1ccc(N(c2cccc(-c3nc4c5cccc6oc7cccc(c4o3)c7c65)c2)c2ccc3c(ccc4ccccc43)c2)cc1. The number of fused-ring (bicyclic) bond motifs is 6. The van der Waals surface area contributed by atoms with Crippen LogP contribution in [0.25, 0.3) is 76.8 Å². The van der Waals surface area contributed by atoms with E-state index in [0.717, 1.165) is 66.4 Å². The van der Waals surface area contributed by atoms with Gasteiger partial charge in [0.25, 0.3) is 0 Å². The molecule has 4 heteroatoms. The molecule has 0 aliphatic carbocycles. The molecule has 4 nitrogen and oxygen atoms in total. The number of para-hydroxylation sites is 1. The third kappa shape index (κ3) is 3.57. The van der Waals surface area contributed by atoms with E-state index in [0.29, 0.717) is 5.89 Å². The molecule has 0 N–H and O–H groups in total. The highest BCUT2D eigenvalue weighted by Gasteiger charge is 2.22. The number of furan rings is 1. The lowest BCUT2D eigenvalue weighted by Gasteiger charge is -2.26. The molecule has 0 radical (unpaired) electrons. The fourth-order valence-electron chi connectivity index (χ4n) is 7.00. The fraction of sp³-hybridized carbons (Fsp3) is 0. The van der Waals surface area contributed by atoms with Gasteiger partial charge in [-0.05, 0) is 76.1 Å². The first-order chi connectivity index (χ1) is 22.3. The normalized spacial score (nSPS) is 12.0. The Labute approximate surface area is 257 Å². The van der Waals surface area contributed by atoms with Crippen molar-refractivity contribution >= 4 is 82.4 Å². The Bertz CT molecular complexity index is 2640. The molecule has 10 aromatic rings. The molecular formula is C41H24N2O2. The van der Waals surface area contributed by atoms with Gasteiger partial charge in [0.1, 0.15) is 16.7 Å². The van der Waals surface area contributed by atoms with Crippen molar-refractivity contribution < 1.29 is 8.83 Å². The Hall–Kier alpha value is -6.13. The lowest BCUT2D eigenvalue weighted by molar-refractivity contribution is 0.623. The maximum atomic E-state index is 6.61. The first kappa shape index (κ1) is 24.3. The van der Waals surface area contributed by atoms with Crippen LogP contribution in [0.15, 0.2) is 154 Å². The summed E-state index contributed by atoms with van der Waals surface area (Å²) >= 11 is 0. The minimum atomic E-state index is 0.593. The molecule has 0 unspecified atom stereocenters. The van der Waals surface area contributed by atoms with Crippen molar-refractivity contribution in [2.45, 2.75) is 0 Å². The minimum absolute atomic E-state index is 0.593. The molecule has 0 fully saturated rings. The van der Waals surface area contributed by atoms with Crippen LogP contribution in [-0.2, 0) is 0 Å². The second-order valence-electron chi connectivity index (χ2n) is 11.6. The summed E-state index contributed by atoms with van der Waals surface area (Å²) in [5.74, 6) is 0.593. The van der Waals surface area contributed by atoms with Crippen LogP contribution in [0, 0.1) is 0 Å². The van der Waals surface area contributed by atoms with Crippen molar-refractivity contribution in [1.82, 2.24) is 4.98 Å². The van der Waals surface area contributed by atoms with Gasteiger partial charge in [-0.3, -0.25) is 0 Å². The summed E-state index contributed by atoms with van der Waals surface area (Å²) in [6.07, 6.45) is 0. The number of nitrogens with zero attached hydrogens (tertiary/aromatic N) is 2. The highest BCUT2D eigenvalue weighted by molar-refractivity contribution is 6.31. The van der Waals surface area contributed by atoms with Gasteiger partial charge in [-0.1, -0.05) is 91.0 Å². The van der Waals surface area contributed by atoms with Crippen LogP contribution in [0.2, 0.25) is 0 Å². The predicted octanol–water partition coefficient (Wildman–Crippen LogP) is 11.8. The van der Waals surface area contributed by atoms with E-state index in [4.69, 9.17) is 13.8 Å². The third-order valence-corrected chi connectivity index (χ3v) is 9.00. The van der Waals surface area contributed by atoms with E-state index in [1.165, 1.54) is 21.5 Å². The second-order valence-corrected chi connectivity index (χ2v) is 11.6. The molecule has 2 heterocycles. The second kappa shape index (κ2) is 9.18. The number of aromatic nitrogens is 1. The van der Waals surface area contributed by atoms with Gasteiger partial charge in [-0.25, -0.2) is 4.98 Å². The van der Waals surface area contributed by atoms with Crippen molar-refractivity contribution in [2.24, 2.45) is 0 Å². The van der Waals surface area contributed by atoms with Gasteiger partial charge in [0.2, 0.25) is 5.89 Å². The summed E-state index contributed by atoms with van der Waals surface area (Å²) in [5.41, 5.74) is 7.46. The Morgan fingerprint density at radius 2 is 1.11 bits per heavy atom. The molecule has 0 saturated carbocycles. The molecule has 10 rings (SSSR count). The van der Waals surface area contributed by atoms with E-state index < -0.39 is 0 Å². The highest BCUT2D eigenvalue weighted by atomic mass is 16.3. The standard InChI is InChI=1S/C41H24N2O2/c1-2-11-28(12-3-1)43(30-21-22-32-26(23-30)20-19-25-9-4-5-14-31(25)32)29-13-6-10-27(24-29)41-42-39-33-15-7-17-35-37(33)38-34(40(39)45-41)16-8-18-36(38)44-35/h1-24H. The molecule has 0 aliphatic rings. The van der Waals surface area contributed by atoms with E-state index >= 15 is 0 Å². The lowest BCUT2D eigenvalue weighted by atomic mass is 10.0.